The average Bonchev–Trinajstić information content (AvgIpc) is 2.46. The Morgan fingerprint density at radius 1 is 1.26 bits per heavy atom. The highest BCUT2D eigenvalue weighted by molar-refractivity contribution is 7.87. The van der Waals surface area contributed by atoms with Crippen LogP contribution in [0.15, 0.2) is 24.3 Å². The van der Waals surface area contributed by atoms with Gasteiger partial charge < -0.3 is 10.4 Å². The van der Waals surface area contributed by atoms with Crippen LogP contribution in [-0.4, -0.2) is 44.0 Å². The molecule has 0 unspecified atom stereocenters. The van der Waals surface area contributed by atoms with Crippen molar-refractivity contribution in [3.8, 4) is 0 Å². The van der Waals surface area contributed by atoms with Crippen molar-refractivity contribution in [1.82, 2.24) is 14.3 Å². The molecule has 0 saturated carbocycles. The van der Waals surface area contributed by atoms with E-state index in [4.69, 9.17) is 5.11 Å². The zero-order valence-electron chi connectivity index (χ0n) is 10.7. The molecule has 3 N–H and O–H groups in total. The number of nitrogens with zero attached hydrogens (tertiary/aromatic N) is 1. The smallest absolute Gasteiger partial charge is 0.279 e. The van der Waals surface area contributed by atoms with E-state index in [0.29, 0.717) is 26.2 Å². The van der Waals surface area contributed by atoms with Gasteiger partial charge in [0, 0.05) is 32.7 Å². The lowest BCUT2D eigenvalue weighted by Gasteiger charge is -2.26. The molecular formula is C12H19N3O3S. The first kappa shape index (κ1) is 14.4. The van der Waals surface area contributed by atoms with Gasteiger partial charge in [0.05, 0.1) is 6.61 Å². The van der Waals surface area contributed by atoms with Gasteiger partial charge in [-0.2, -0.15) is 17.4 Å². The largest absolute Gasteiger partial charge is 0.392 e. The number of hydrogen-bond acceptors (Lipinski definition) is 4. The minimum Gasteiger partial charge on any atom is -0.392 e. The quantitative estimate of drug-likeness (QED) is 0.676. The highest BCUT2D eigenvalue weighted by atomic mass is 32.2. The van der Waals surface area contributed by atoms with Crippen molar-refractivity contribution in [2.24, 2.45) is 0 Å². The summed E-state index contributed by atoms with van der Waals surface area (Å²) in [6, 6.07) is 7.23. The van der Waals surface area contributed by atoms with Gasteiger partial charge in [-0.25, -0.2) is 0 Å². The number of hydrogen-bond donors (Lipinski definition) is 3. The SMILES string of the molecule is O=S(=O)(NCc1cccc(CO)c1)N1CCNCC1. The third kappa shape index (κ3) is 3.99. The number of rotatable bonds is 5. The van der Waals surface area contributed by atoms with E-state index in [2.05, 4.69) is 10.0 Å². The Balaban J connectivity index is 1.96. The molecular weight excluding hydrogens is 266 g/mol. The molecule has 0 aromatic heterocycles. The second-order valence-corrected chi connectivity index (χ2v) is 6.21. The molecule has 0 amide bonds. The third-order valence-corrected chi connectivity index (χ3v) is 4.60. The summed E-state index contributed by atoms with van der Waals surface area (Å²) in [6.45, 7) is 2.54. The lowest BCUT2D eigenvalue weighted by atomic mass is 10.1. The summed E-state index contributed by atoms with van der Waals surface area (Å²) in [7, 11) is -3.42. The van der Waals surface area contributed by atoms with E-state index in [-0.39, 0.29) is 13.2 Å². The predicted molar refractivity (Wildman–Crippen MR) is 72.6 cm³/mol. The normalized spacial score (nSPS) is 17.5. The number of benzene rings is 1. The van der Waals surface area contributed by atoms with E-state index in [0.717, 1.165) is 11.1 Å². The summed E-state index contributed by atoms with van der Waals surface area (Å²) in [5, 5.41) is 12.2. The van der Waals surface area contributed by atoms with E-state index in [1.807, 2.05) is 6.07 Å². The van der Waals surface area contributed by atoms with Crippen molar-refractivity contribution < 1.29 is 13.5 Å². The molecule has 1 aliphatic heterocycles. The fraction of sp³-hybridized carbons (Fsp3) is 0.500. The van der Waals surface area contributed by atoms with Crippen LogP contribution in [0.25, 0.3) is 0 Å². The van der Waals surface area contributed by atoms with Crippen LogP contribution >= 0.6 is 0 Å². The van der Waals surface area contributed by atoms with Crippen LogP contribution in [0.5, 0.6) is 0 Å². The van der Waals surface area contributed by atoms with Crippen molar-refractivity contribution in [2.45, 2.75) is 13.2 Å². The van der Waals surface area contributed by atoms with Gasteiger partial charge >= 0.3 is 0 Å². The monoisotopic (exact) mass is 285 g/mol. The molecule has 106 valence electrons. The molecule has 19 heavy (non-hydrogen) atoms. The minimum atomic E-state index is -3.42. The Kier molecular flexibility index (Phi) is 4.89. The zero-order chi connectivity index (χ0) is 13.7. The first-order valence-corrected chi connectivity index (χ1v) is 7.70. The Bertz CT molecular complexity index is 513. The standard InChI is InChI=1S/C12H19N3O3S/c16-10-12-3-1-2-11(8-12)9-14-19(17,18)15-6-4-13-5-7-15/h1-3,8,13-14,16H,4-7,9-10H2. The summed E-state index contributed by atoms with van der Waals surface area (Å²) in [6.07, 6.45) is 0. The summed E-state index contributed by atoms with van der Waals surface area (Å²) in [5.41, 5.74) is 1.61. The first-order chi connectivity index (χ1) is 9.12. The van der Waals surface area contributed by atoms with Gasteiger partial charge in [-0.15, -0.1) is 0 Å². The lowest BCUT2D eigenvalue weighted by Crippen LogP contribution is -2.50. The van der Waals surface area contributed by atoms with Crippen LogP contribution in [0, 0.1) is 0 Å². The highest BCUT2D eigenvalue weighted by Crippen LogP contribution is 2.07. The Morgan fingerprint density at radius 3 is 2.63 bits per heavy atom. The van der Waals surface area contributed by atoms with Gasteiger partial charge in [-0.05, 0) is 11.1 Å². The maximum atomic E-state index is 12.1. The number of aliphatic hydroxyl groups is 1. The van der Waals surface area contributed by atoms with E-state index in [1.165, 1.54) is 4.31 Å². The molecule has 1 heterocycles. The van der Waals surface area contributed by atoms with Crippen molar-refractivity contribution in [2.75, 3.05) is 26.2 Å². The second kappa shape index (κ2) is 6.44. The summed E-state index contributed by atoms with van der Waals surface area (Å²) >= 11 is 0. The maximum Gasteiger partial charge on any atom is 0.279 e. The zero-order valence-corrected chi connectivity index (χ0v) is 11.5. The molecule has 1 saturated heterocycles. The molecule has 1 aromatic carbocycles. The summed E-state index contributed by atoms with van der Waals surface area (Å²) < 4.78 is 28.1. The molecule has 2 rings (SSSR count). The number of nitrogens with one attached hydrogen (secondary N) is 2. The van der Waals surface area contributed by atoms with Crippen molar-refractivity contribution >= 4 is 10.2 Å². The number of piperazine rings is 1. The maximum absolute atomic E-state index is 12.1. The molecule has 7 heteroatoms. The molecule has 1 aliphatic rings. The third-order valence-electron chi connectivity index (χ3n) is 3.05. The van der Waals surface area contributed by atoms with Gasteiger partial charge in [0.25, 0.3) is 10.2 Å². The second-order valence-electron chi connectivity index (χ2n) is 4.45. The first-order valence-electron chi connectivity index (χ1n) is 6.26. The van der Waals surface area contributed by atoms with Gasteiger partial charge in [-0.1, -0.05) is 24.3 Å². The highest BCUT2D eigenvalue weighted by Gasteiger charge is 2.22. The van der Waals surface area contributed by atoms with Crippen LogP contribution in [0.2, 0.25) is 0 Å². The van der Waals surface area contributed by atoms with Crippen LogP contribution in [0.4, 0.5) is 0 Å². The van der Waals surface area contributed by atoms with Crippen LogP contribution in [-0.2, 0) is 23.4 Å². The van der Waals surface area contributed by atoms with Gasteiger partial charge in [-0.3, -0.25) is 0 Å². The van der Waals surface area contributed by atoms with Crippen molar-refractivity contribution in [3.05, 3.63) is 35.4 Å². The van der Waals surface area contributed by atoms with E-state index < -0.39 is 10.2 Å². The van der Waals surface area contributed by atoms with Crippen LogP contribution in [0.1, 0.15) is 11.1 Å². The minimum absolute atomic E-state index is 0.0433. The average molecular weight is 285 g/mol. The summed E-state index contributed by atoms with van der Waals surface area (Å²) in [5.74, 6) is 0. The van der Waals surface area contributed by atoms with Gasteiger partial charge in [0.15, 0.2) is 0 Å². The predicted octanol–water partition coefficient (Wildman–Crippen LogP) is -0.581. The molecule has 0 bridgehead atoms. The van der Waals surface area contributed by atoms with Crippen LogP contribution < -0.4 is 10.0 Å². The van der Waals surface area contributed by atoms with E-state index in [1.54, 1.807) is 18.2 Å². The Labute approximate surface area is 113 Å². The topological polar surface area (TPSA) is 81.7 Å². The van der Waals surface area contributed by atoms with Crippen LogP contribution in [0.3, 0.4) is 0 Å². The van der Waals surface area contributed by atoms with Gasteiger partial charge in [0.1, 0.15) is 0 Å². The molecule has 0 aliphatic carbocycles. The van der Waals surface area contributed by atoms with E-state index >= 15 is 0 Å². The fourth-order valence-electron chi connectivity index (χ4n) is 1.99. The number of aliphatic hydroxyl groups excluding tert-OH is 1. The molecule has 0 spiro atoms. The molecule has 1 fully saturated rings. The fourth-order valence-corrected chi connectivity index (χ4v) is 3.18. The van der Waals surface area contributed by atoms with Gasteiger partial charge in [0.2, 0.25) is 0 Å². The summed E-state index contributed by atoms with van der Waals surface area (Å²) in [4.78, 5) is 0. The molecule has 1 aromatic rings. The Hall–Kier alpha value is -0.990. The molecule has 6 nitrogen and oxygen atoms in total. The molecule has 0 atom stereocenters. The van der Waals surface area contributed by atoms with Crippen molar-refractivity contribution in [1.29, 1.82) is 0 Å². The van der Waals surface area contributed by atoms with E-state index in [9.17, 15) is 8.42 Å². The Morgan fingerprint density at radius 2 is 1.95 bits per heavy atom. The van der Waals surface area contributed by atoms with Crippen molar-refractivity contribution in [3.63, 3.8) is 0 Å². The lowest BCUT2D eigenvalue weighted by molar-refractivity contribution is 0.281. The molecule has 0 radical (unpaired) electrons.